The van der Waals surface area contributed by atoms with E-state index < -0.39 is 0 Å². The van der Waals surface area contributed by atoms with Gasteiger partial charge in [-0.3, -0.25) is 9.69 Å². The Hall–Kier alpha value is -1.39. The molecule has 2 unspecified atom stereocenters. The van der Waals surface area contributed by atoms with Gasteiger partial charge in [-0.05, 0) is 72.3 Å². The van der Waals surface area contributed by atoms with E-state index in [1.807, 2.05) is 13.0 Å². The minimum Gasteiger partial charge on any atom is -0.352 e. The maximum Gasteiger partial charge on any atom is 0.237 e. The van der Waals surface area contributed by atoms with E-state index in [9.17, 15) is 4.79 Å². The van der Waals surface area contributed by atoms with Crippen LogP contribution in [0.15, 0.2) is 30.3 Å². The quantitative estimate of drug-likeness (QED) is 0.834. The van der Waals surface area contributed by atoms with Crippen LogP contribution in [-0.4, -0.2) is 61.0 Å². The lowest BCUT2D eigenvalue weighted by atomic mass is 10.0. The molecule has 1 fully saturated rings. The van der Waals surface area contributed by atoms with Crippen LogP contribution >= 0.6 is 0 Å². The highest BCUT2D eigenvalue weighted by Gasteiger charge is 2.27. The number of rotatable bonds is 7. The maximum atomic E-state index is 12.6. The van der Waals surface area contributed by atoms with Crippen molar-refractivity contribution in [1.82, 2.24) is 15.1 Å². The molecule has 1 aromatic rings. The average Bonchev–Trinajstić information content (AvgIpc) is 2.60. The predicted molar refractivity (Wildman–Crippen MR) is 100 cm³/mol. The number of nitrogens with zero attached hydrogens (tertiary/aromatic N) is 2. The van der Waals surface area contributed by atoms with Gasteiger partial charge in [0.1, 0.15) is 0 Å². The molecule has 24 heavy (non-hydrogen) atoms. The first-order valence-corrected chi connectivity index (χ1v) is 9.22. The second-order valence-corrected chi connectivity index (χ2v) is 7.31. The van der Waals surface area contributed by atoms with Gasteiger partial charge in [-0.1, -0.05) is 30.3 Å². The number of hydrogen-bond donors (Lipinski definition) is 1. The van der Waals surface area contributed by atoms with E-state index >= 15 is 0 Å². The molecule has 4 heteroatoms. The summed E-state index contributed by atoms with van der Waals surface area (Å²) < 4.78 is 0. The molecule has 0 saturated carbocycles. The summed E-state index contributed by atoms with van der Waals surface area (Å²) in [5, 5.41) is 3.19. The standard InChI is InChI=1S/C20H33N3O/c1-16(10-11-18-8-6-5-7-9-18)21-20(24)17(2)23(4)19-12-14-22(3)15-13-19/h5-9,16-17,19H,10-15H2,1-4H3,(H,21,24). The molecule has 1 aromatic carbocycles. The molecule has 0 radical (unpaired) electrons. The van der Waals surface area contributed by atoms with Crippen molar-refractivity contribution in [3.63, 3.8) is 0 Å². The van der Waals surface area contributed by atoms with E-state index in [0.29, 0.717) is 6.04 Å². The van der Waals surface area contributed by atoms with Crippen molar-refractivity contribution in [3.8, 4) is 0 Å². The van der Waals surface area contributed by atoms with E-state index in [1.165, 1.54) is 5.56 Å². The average molecular weight is 332 g/mol. The highest BCUT2D eigenvalue weighted by molar-refractivity contribution is 5.81. The molecule has 1 heterocycles. The summed E-state index contributed by atoms with van der Waals surface area (Å²) in [5.41, 5.74) is 1.33. The van der Waals surface area contributed by atoms with Crippen LogP contribution in [-0.2, 0) is 11.2 Å². The highest BCUT2D eigenvalue weighted by Crippen LogP contribution is 2.16. The highest BCUT2D eigenvalue weighted by atomic mass is 16.2. The van der Waals surface area contributed by atoms with Crippen molar-refractivity contribution in [2.24, 2.45) is 0 Å². The first-order valence-electron chi connectivity index (χ1n) is 9.22. The second-order valence-electron chi connectivity index (χ2n) is 7.31. The number of piperidine rings is 1. The number of carbonyl (C=O) groups is 1. The Bertz CT molecular complexity index is 497. The summed E-state index contributed by atoms with van der Waals surface area (Å²) in [4.78, 5) is 17.2. The SMILES string of the molecule is CC(CCc1ccccc1)NC(=O)C(C)N(C)C1CCN(C)CC1. The predicted octanol–water partition coefficient (Wildman–Crippen LogP) is 2.54. The first kappa shape index (κ1) is 18.9. The third-order valence-electron chi connectivity index (χ3n) is 5.35. The minimum atomic E-state index is -0.0717. The molecule has 2 atom stereocenters. The zero-order valence-electron chi connectivity index (χ0n) is 15.7. The van der Waals surface area contributed by atoms with Gasteiger partial charge in [0.15, 0.2) is 0 Å². The fraction of sp³-hybridized carbons (Fsp3) is 0.650. The van der Waals surface area contributed by atoms with E-state index in [1.54, 1.807) is 0 Å². The van der Waals surface area contributed by atoms with E-state index in [4.69, 9.17) is 0 Å². The van der Waals surface area contributed by atoms with Gasteiger partial charge in [0.05, 0.1) is 6.04 Å². The summed E-state index contributed by atoms with van der Waals surface area (Å²) >= 11 is 0. The summed E-state index contributed by atoms with van der Waals surface area (Å²) in [7, 11) is 4.26. The molecule has 0 spiro atoms. The number of likely N-dealkylation sites (N-methyl/N-ethyl adjacent to an activating group) is 1. The summed E-state index contributed by atoms with van der Waals surface area (Å²) in [6.07, 6.45) is 4.27. The maximum absolute atomic E-state index is 12.6. The van der Waals surface area contributed by atoms with Crippen molar-refractivity contribution < 1.29 is 4.79 Å². The molecule has 2 rings (SSSR count). The fourth-order valence-corrected chi connectivity index (χ4v) is 3.37. The number of hydrogen-bond acceptors (Lipinski definition) is 3. The zero-order chi connectivity index (χ0) is 17.5. The van der Waals surface area contributed by atoms with Gasteiger partial charge >= 0.3 is 0 Å². The molecule has 0 bridgehead atoms. The van der Waals surface area contributed by atoms with Gasteiger partial charge in [0, 0.05) is 12.1 Å². The van der Waals surface area contributed by atoms with Crippen LogP contribution in [0.3, 0.4) is 0 Å². The van der Waals surface area contributed by atoms with Gasteiger partial charge in [-0.25, -0.2) is 0 Å². The Morgan fingerprint density at radius 1 is 1.25 bits per heavy atom. The van der Waals surface area contributed by atoms with E-state index in [2.05, 4.69) is 60.4 Å². The molecular formula is C20H33N3O. The lowest BCUT2D eigenvalue weighted by molar-refractivity contribution is -0.127. The monoisotopic (exact) mass is 331 g/mol. The molecule has 1 aliphatic rings. The van der Waals surface area contributed by atoms with Crippen molar-refractivity contribution in [1.29, 1.82) is 0 Å². The molecule has 4 nitrogen and oxygen atoms in total. The van der Waals surface area contributed by atoms with Crippen LogP contribution in [0.25, 0.3) is 0 Å². The van der Waals surface area contributed by atoms with Crippen LogP contribution < -0.4 is 5.32 Å². The topological polar surface area (TPSA) is 35.6 Å². The Balaban J connectivity index is 1.75. The van der Waals surface area contributed by atoms with Crippen LogP contribution in [0.1, 0.15) is 38.7 Å². The lowest BCUT2D eigenvalue weighted by Crippen LogP contribution is -2.52. The molecule has 0 aromatic heterocycles. The van der Waals surface area contributed by atoms with Crippen LogP contribution in [0.5, 0.6) is 0 Å². The Labute approximate surface area is 147 Å². The smallest absolute Gasteiger partial charge is 0.237 e. The lowest BCUT2D eigenvalue weighted by Gasteiger charge is -2.38. The molecule has 134 valence electrons. The summed E-state index contributed by atoms with van der Waals surface area (Å²) in [5.74, 6) is 0.150. The van der Waals surface area contributed by atoms with Crippen molar-refractivity contribution in [2.45, 2.75) is 57.7 Å². The van der Waals surface area contributed by atoms with Crippen LogP contribution in [0, 0.1) is 0 Å². The molecular weight excluding hydrogens is 298 g/mol. The largest absolute Gasteiger partial charge is 0.352 e. The molecule has 1 N–H and O–H groups in total. The number of likely N-dealkylation sites (tertiary alicyclic amines) is 1. The van der Waals surface area contributed by atoms with Crippen molar-refractivity contribution in [3.05, 3.63) is 35.9 Å². The Morgan fingerprint density at radius 2 is 1.88 bits per heavy atom. The van der Waals surface area contributed by atoms with Crippen LogP contribution in [0.2, 0.25) is 0 Å². The fourth-order valence-electron chi connectivity index (χ4n) is 3.37. The van der Waals surface area contributed by atoms with Gasteiger partial charge in [0.2, 0.25) is 5.91 Å². The number of amides is 1. The van der Waals surface area contributed by atoms with Crippen molar-refractivity contribution in [2.75, 3.05) is 27.2 Å². The van der Waals surface area contributed by atoms with E-state index in [0.717, 1.165) is 38.8 Å². The molecule has 1 aliphatic heterocycles. The number of nitrogens with one attached hydrogen (secondary N) is 1. The molecule has 0 aliphatic carbocycles. The van der Waals surface area contributed by atoms with Gasteiger partial charge in [0.25, 0.3) is 0 Å². The zero-order valence-corrected chi connectivity index (χ0v) is 15.7. The first-order chi connectivity index (χ1) is 11.5. The third kappa shape index (κ3) is 5.60. The number of benzene rings is 1. The van der Waals surface area contributed by atoms with Crippen molar-refractivity contribution >= 4 is 5.91 Å². The number of aryl methyl sites for hydroxylation is 1. The summed E-state index contributed by atoms with van der Waals surface area (Å²) in [6, 6.07) is 11.1. The third-order valence-corrected chi connectivity index (χ3v) is 5.35. The van der Waals surface area contributed by atoms with Gasteiger partial charge in [-0.15, -0.1) is 0 Å². The molecule has 1 amide bonds. The second kappa shape index (κ2) is 9.19. The normalized spacial score (nSPS) is 19.2. The van der Waals surface area contributed by atoms with Gasteiger partial charge in [-0.2, -0.15) is 0 Å². The Morgan fingerprint density at radius 3 is 2.50 bits per heavy atom. The van der Waals surface area contributed by atoms with E-state index in [-0.39, 0.29) is 18.0 Å². The summed E-state index contributed by atoms with van der Waals surface area (Å²) in [6.45, 7) is 6.37. The Kier molecular flexibility index (Phi) is 7.25. The number of carbonyl (C=O) groups excluding carboxylic acids is 1. The van der Waals surface area contributed by atoms with Gasteiger partial charge < -0.3 is 10.2 Å². The van der Waals surface area contributed by atoms with Crippen LogP contribution in [0.4, 0.5) is 0 Å². The minimum absolute atomic E-state index is 0.0717. The molecule has 1 saturated heterocycles.